The third-order valence-corrected chi connectivity index (χ3v) is 2.82. The summed E-state index contributed by atoms with van der Waals surface area (Å²) in [5, 5.41) is 24.8. The first-order valence-corrected chi connectivity index (χ1v) is 6.42. The predicted molar refractivity (Wildman–Crippen MR) is 76.5 cm³/mol. The predicted octanol–water partition coefficient (Wildman–Crippen LogP) is 1.62. The number of carboxylic acids is 1. The molecule has 1 rings (SSSR count). The number of nitrogens with one attached hydrogen (secondary N) is 2. The van der Waals surface area contributed by atoms with Crippen LogP contribution in [0.5, 0.6) is 0 Å². The van der Waals surface area contributed by atoms with E-state index in [9.17, 15) is 19.7 Å². The number of rotatable bonds is 8. The summed E-state index contributed by atoms with van der Waals surface area (Å²) in [6.07, 6.45) is 1.15. The van der Waals surface area contributed by atoms with Crippen LogP contribution in [-0.2, 0) is 4.79 Å². The topological polar surface area (TPSA) is 122 Å². The van der Waals surface area contributed by atoms with Gasteiger partial charge in [-0.05, 0) is 25.0 Å². The molecule has 0 saturated carbocycles. The molecule has 0 radical (unpaired) electrons. The van der Waals surface area contributed by atoms with Gasteiger partial charge in [-0.15, -0.1) is 0 Å². The number of carbonyl (C=O) groups excluding carboxylic acids is 1. The van der Waals surface area contributed by atoms with Crippen molar-refractivity contribution < 1.29 is 19.6 Å². The number of nitrogens with zero attached hydrogens (tertiary/aromatic N) is 1. The summed E-state index contributed by atoms with van der Waals surface area (Å²) in [6.45, 7) is 0.424. The molecular formula is C13H17N3O5. The lowest BCUT2D eigenvalue weighted by Gasteiger charge is -2.08. The fourth-order valence-electron chi connectivity index (χ4n) is 1.74. The van der Waals surface area contributed by atoms with E-state index in [1.165, 1.54) is 25.2 Å². The van der Waals surface area contributed by atoms with E-state index in [1.54, 1.807) is 0 Å². The van der Waals surface area contributed by atoms with Gasteiger partial charge in [0.2, 0.25) is 0 Å². The van der Waals surface area contributed by atoms with Crippen LogP contribution in [0.4, 0.5) is 11.4 Å². The molecule has 3 N–H and O–H groups in total. The highest BCUT2D eigenvalue weighted by Crippen LogP contribution is 2.25. The zero-order valence-corrected chi connectivity index (χ0v) is 11.6. The van der Waals surface area contributed by atoms with E-state index in [4.69, 9.17) is 5.11 Å². The Morgan fingerprint density at radius 3 is 2.62 bits per heavy atom. The SMILES string of the molecule is CNC(=O)c1ccc(NCCCCC(=O)O)c([N+](=O)[O-])c1. The number of carboxylic acid groups (broad SMARTS) is 1. The Morgan fingerprint density at radius 1 is 1.33 bits per heavy atom. The van der Waals surface area contributed by atoms with Gasteiger partial charge >= 0.3 is 5.97 Å². The van der Waals surface area contributed by atoms with Crippen molar-refractivity contribution in [2.24, 2.45) is 0 Å². The van der Waals surface area contributed by atoms with Crippen LogP contribution >= 0.6 is 0 Å². The molecule has 0 fully saturated rings. The lowest BCUT2D eigenvalue weighted by atomic mass is 10.1. The minimum absolute atomic E-state index is 0.0688. The third-order valence-electron chi connectivity index (χ3n) is 2.82. The molecule has 1 amide bonds. The van der Waals surface area contributed by atoms with Crippen molar-refractivity contribution in [3.05, 3.63) is 33.9 Å². The molecule has 0 saturated heterocycles. The molecule has 0 aliphatic rings. The molecule has 8 heteroatoms. The van der Waals surface area contributed by atoms with E-state index in [2.05, 4.69) is 10.6 Å². The van der Waals surface area contributed by atoms with Crippen molar-refractivity contribution in [3.8, 4) is 0 Å². The standard InChI is InChI=1S/C13H17N3O5/c1-14-13(19)9-5-6-10(11(8-9)16(20)21)15-7-3-2-4-12(17)18/h5-6,8,15H,2-4,7H2,1H3,(H,14,19)(H,17,18). The Labute approximate surface area is 121 Å². The van der Waals surface area contributed by atoms with Crippen molar-refractivity contribution in [2.45, 2.75) is 19.3 Å². The molecule has 114 valence electrons. The van der Waals surface area contributed by atoms with Gasteiger partial charge in [-0.3, -0.25) is 19.7 Å². The van der Waals surface area contributed by atoms with Crippen LogP contribution in [0.25, 0.3) is 0 Å². The molecular weight excluding hydrogens is 278 g/mol. The third kappa shape index (κ3) is 5.09. The number of benzene rings is 1. The smallest absolute Gasteiger partial charge is 0.303 e. The molecule has 0 aliphatic carbocycles. The molecule has 0 atom stereocenters. The monoisotopic (exact) mass is 295 g/mol. The van der Waals surface area contributed by atoms with Gasteiger partial charge in [0.1, 0.15) is 5.69 Å². The number of unbranched alkanes of at least 4 members (excludes halogenated alkanes) is 1. The van der Waals surface area contributed by atoms with Crippen molar-refractivity contribution in [2.75, 3.05) is 18.9 Å². The minimum Gasteiger partial charge on any atom is -0.481 e. The van der Waals surface area contributed by atoms with E-state index < -0.39 is 16.8 Å². The maximum Gasteiger partial charge on any atom is 0.303 e. The molecule has 0 aliphatic heterocycles. The van der Waals surface area contributed by atoms with Crippen LogP contribution in [0.1, 0.15) is 29.6 Å². The van der Waals surface area contributed by atoms with Gasteiger partial charge in [0, 0.05) is 31.6 Å². The second kappa shape index (κ2) is 7.83. The molecule has 0 heterocycles. The Kier molecular flexibility index (Phi) is 6.12. The number of nitro benzene ring substituents is 1. The van der Waals surface area contributed by atoms with E-state index >= 15 is 0 Å². The quantitative estimate of drug-likeness (QED) is 0.380. The number of carbonyl (C=O) groups is 2. The number of aliphatic carboxylic acids is 1. The molecule has 1 aromatic carbocycles. The highest BCUT2D eigenvalue weighted by molar-refractivity contribution is 5.95. The molecule has 1 aromatic rings. The van der Waals surface area contributed by atoms with Crippen LogP contribution < -0.4 is 10.6 Å². The van der Waals surface area contributed by atoms with E-state index in [0.29, 0.717) is 25.1 Å². The molecule has 0 unspecified atom stereocenters. The fraction of sp³-hybridized carbons (Fsp3) is 0.385. The second-order valence-corrected chi connectivity index (χ2v) is 4.35. The fourth-order valence-corrected chi connectivity index (χ4v) is 1.74. The van der Waals surface area contributed by atoms with Gasteiger partial charge in [-0.1, -0.05) is 0 Å². The normalized spacial score (nSPS) is 9.95. The summed E-state index contributed by atoms with van der Waals surface area (Å²) in [5.74, 6) is -1.26. The first kappa shape index (κ1) is 16.4. The Morgan fingerprint density at radius 2 is 2.05 bits per heavy atom. The zero-order chi connectivity index (χ0) is 15.8. The van der Waals surface area contributed by atoms with E-state index in [-0.39, 0.29) is 17.7 Å². The Bertz CT molecular complexity index is 545. The average molecular weight is 295 g/mol. The van der Waals surface area contributed by atoms with E-state index in [0.717, 1.165) is 0 Å². The summed E-state index contributed by atoms with van der Waals surface area (Å²) in [4.78, 5) is 32.3. The van der Waals surface area contributed by atoms with E-state index in [1.807, 2.05) is 0 Å². The molecule has 0 bridgehead atoms. The first-order valence-electron chi connectivity index (χ1n) is 6.42. The minimum atomic E-state index is -0.865. The zero-order valence-electron chi connectivity index (χ0n) is 11.6. The van der Waals surface area contributed by atoms with Gasteiger partial charge in [0.15, 0.2) is 0 Å². The molecule has 8 nitrogen and oxygen atoms in total. The van der Waals surface area contributed by atoms with Crippen LogP contribution in [0.15, 0.2) is 18.2 Å². The molecule has 0 spiro atoms. The molecule has 0 aromatic heterocycles. The summed E-state index contributed by atoms with van der Waals surface area (Å²) >= 11 is 0. The van der Waals surface area contributed by atoms with Gasteiger partial charge in [0.25, 0.3) is 11.6 Å². The highest BCUT2D eigenvalue weighted by Gasteiger charge is 2.16. The van der Waals surface area contributed by atoms with Gasteiger partial charge in [-0.2, -0.15) is 0 Å². The van der Waals surface area contributed by atoms with Crippen molar-refractivity contribution >= 4 is 23.3 Å². The lowest BCUT2D eigenvalue weighted by molar-refractivity contribution is -0.384. The largest absolute Gasteiger partial charge is 0.481 e. The average Bonchev–Trinajstić information content (AvgIpc) is 2.45. The maximum absolute atomic E-state index is 11.5. The summed E-state index contributed by atoms with van der Waals surface area (Å²) in [6, 6.07) is 4.17. The van der Waals surface area contributed by atoms with Crippen molar-refractivity contribution in [1.29, 1.82) is 0 Å². The van der Waals surface area contributed by atoms with Crippen LogP contribution in [-0.4, -0.2) is 35.5 Å². The van der Waals surface area contributed by atoms with Gasteiger partial charge in [-0.25, -0.2) is 0 Å². The van der Waals surface area contributed by atoms with Crippen LogP contribution in [0.2, 0.25) is 0 Å². The summed E-state index contributed by atoms with van der Waals surface area (Å²) in [7, 11) is 1.45. The number of hydrogen-bond acceptors (Lipinski definition) is 5. The van der Waals surface area contributed by atoms with Crippen LogP contribution in [0, 0.1) is 10.1 Å². The Hall–Kier alpha value is -2.64. The van der Waals surface area contributed by atoms with Crippen molar-refractivity contribution in [3.63, 3.8) is 0 Å². The summed E-state index contributed by atoms with van der Waals surface area (Å²) < 4.78 is 0. The number of anilines is 1. The number of hydrogen-bond donors (Lipinski definition) is 3. The van der Waals surface area contributed by atoms with Gasteiger partial charge in [0.05, 0.1) is 4.92 Å². The van der Waals surface area contributed by atoms with Crippen LogP contribution in [0.3, 0.4) is 0 Å². The summed E-state index contributed by atoms with van der Waals surface area (Å²) in [5.41, 5.74) is 0.331. The number of nitro groups is 1. The second-order valence-electron chi connectivity index (χ2n) is 4.35. The Balaban J connectivity index is 2.71. The first-order chi connectivity index (χ1) is 9.95. The number of amides is 1. The lowest BCUT2D eigenvalue weighted by Crippen LogP contribution is -2.18. The highest BCUT2D eigenvalue weighted by atomic mass is 16.6. The van der Waals surface area contributed by atoms with Crippen molar-refractivity contribution in [1.82, 2.24) is 5.32 Å². The molecule has 21 heavy (non-hydrogen) atoms. The maximum atomic E-state index is 11.5. The van der Waals surface area contributed by atoms with Gasteiger partial charge < -0.3 is 15.7 Å².